The first-order valence-electron chi connectivity index (χ1n) is 12.2. The zero-order valence-corrected chi connectivity index (χ0v) is 20.9. The highest BCUT2D eigenvalue weighted by atomic mass is 16.6. The molecule has 5 rings (SSSR count). The maximum atomic E-state index is 13.6. The summed E-state index contributed by atoms with van der Waals surface area (Å²) in [6, 6.07) is 7.72. The lowest BCUT2D eigenvalue weighted by atomic mass is 10.0. The quantitative estimate of drug-likeness (QED) is 0.573. The van der Waals surface area contributed by atoms with Gasteiger partial charge in [-0.25, -0.2) is 19.7 Å². The van der Waals surface area contributed by atoms with Crippen LogP contribution in [0.25, 0.3) is 11.4 Å². The second kappa shape index (κ2) is 9.64. The third kappa shape index (κ3) is 4.89. The Kier molecular flexibility index (Phi) is 6.36. The van der Waals surface area contributed by atoms with Crippen molar-refractivity contribution in [2.75, 3.05) is 19.7 Å². The van der Waals surface area contributed by atoms with Crippen molar-refractivity contribution in [1.29, 1.82) is 0 Å². The highest BCUT2D eigenvalue weighted by molar-refractivity contribution is 5.97. The predicted octanol–water partition coefficient (Wildman–Crippen LogP) is 2.36. The zero-order chi connectivity index (χ0) is 26.2. The van der Waals surface area contributed by atoms with Crippen LogP contribution in [0.5, 0.6) is 5.75 Å². The number of nitrogens with zero attached hydrogens (tertiary/aromatic N) is 5. The number of nitrogens with one attached hydrogen (secondary N) is 1. The van der Waals surface area contributed by atoms with Crippen LogP contribution in [0.3, 0.4) is 0 Å². The maximum Gasteiger partial charge on any atom is 0.409 e. The van der Waals surface area contributed by atoms with Gasteiger partial charge >= 0.3 is 6.09 Å². The maximum absolute atomic E-state index is 13.6. The number of rotatable bonds is 4. The molecule has 0 radical (unpaired) electrons. The van der Waals surface area contributed by atoms with Crippen LogP contribution in [0.2, 0.25) is 0 Å². The first kappa shape index (κ1) is 24.4. The van der Waals surface area contributed by atoms with Gasteiger partial charge in [-0.2, -0.15) is 0 Å². The summed E-state index contributed by atoms with van der Waals surface area (Å²) in [5.74, 6) is 0.481. The molecule has 2 aliphatic rings. The third-order valence-corrected chi connectivity index (χ3v) is 6.36. The van der Waals surface area contributed by atoms with Crippen molar-refractivity contribution < 1.29 is 19.1 Å². The van der Waals surface area contributed by atoms with Gasteiger partial charge in [0, 0.05) is 31.8 Å². The summed E-state index contributed by atoms with van der Waals surface area (Å²) in [7, 11) is 0. The molecule has 1 aromatic carbocycles. The van der Waals surface area contributed by atoms with Gasteiger partial charge in [0.15, 0.2) is 0 Å². The number of hydrogen-bond acceptors (Lipinski definition) is 8. The molecule has 2 aromatic heterocycles. The van der Waals surface area contributed by atoms with Gasteiger partial charge < -0.3 is 19.7 Å². The van der Waals surface area contributed by atoms with E-state index in [1.54, 1.807) is 25.3 Å². The summed E-state index contributed by atoms with van der Waals surface area (Å²) >= 11 is 0. The molecule has 0 fully saturated rings. The van der Waals surface area contributed by atoms with E-state index in [2.05, 4.69) is 15.3 Å². The molecule has 0 saturated heterocycles. The number of para-hydroxylation sites is 1. The molecule has 2 aliphatic heterocycles. The molecular formula is C26H28N6O5. The van der Waals surface area contributed by atoms with E-state index < -0.39 is 23.6 Å². The lowest BCUT2D eigenvalue weighted by Crippen LogP contribution is -2.41. The van der Waals surface area contributed by atoms with Crippen LogP contribution in [0.4, 0.5) is 4.79 Å². The summed E-state index contributed by atoms with van der Waals surface area (Å²) in [4.78, 5) is 53.7. The average Bonchev–Trinajstić information content (AvgIpc) is 3.08. The van der Waals surface area contributed by atoms with Crippen LogP contribution >= 0.6 is 0 Å². The van der Waals surface area contributed by atoms with Gasteiger partial charge in [0.2, 0.25) is 0 Å². The number of benzene rings is 1. The number of fused-ring (bicyclic) bond motifs is 2. The van der Waals surface area contributed by atoms with Crippen molar-refractivity contribution in [2.24, 2.45) is 0 Å². The molecule has 4 heterocycles. The highest BCUT2D eigenvalue weighted by Crippen LogP contribution is 2.37. The van der Waals surface area contributed by atoms with E-state index in [1.165, 1.54) is 21.9 Å². The largest absolute Gasteiger partial charge is 0.486 e. The summed E-state index contributed by atoms with van der Waals surface area (Å²) in [6.07, 6.45) is 3.10. The summed E-state index contributed by atoms with van der Waals surface area (Å²) < 4.78 is 12.8. The molecule has 0 aliphatic carbocycles. The lowest BCUT2D eigenvalue weighted by molar-refractivity contribution is 0.0879. The van der Waals surface area contributed by atoms with Gasteiger partial charge in [-0.05, 0) is 38.5 Å². The van der Waals surface area contributed by atoms with Crippen LogP contribution in [0.15, 0.2) is 47.7 Å². The second-order valence-corrected chi connectivity index (χ2v) is 9.59. The van der Waals surface area contributed by atoms with Gasteiger partial charge in [0.25, 0.3) is 11.5 Å². The SMILES string of the molecule is CCOC(=O)N1CCn2c(nc(-c3ccncn3)cc2=O)C(NC(=O)c2cccc3c2OC(C)(C)C3)C1. The van der Waals surface area contributed by atoms with E-state index in [-0.39, 0.29) is 31.8 Å². The van der Waals surface area contributed by atoms with Gasteiger partial charge in [-0.15, -0.1) is 0 Å². The third-order valence-electron chi connectivity index (χ3n) is 6.36. The molecule has 1 N–H and O–H groups in total. The monoisotopic (exact) mass is 504 g/mol. The Morgan fingerprint density at radius 1 is 1.22 bits per heavy atom. The standard InChI is InChI=1S/C26H28N6O5/c1-4-36-25(35)31-10-11-32-21(33)12-19(18-8-9-27-15-28-18)29-23(32)20(14-31)30-24(34)17-7-5-6-16-13-26(2,3)37-22(16)17/h5-9,12,15,20H,4,10-11,13-14H2,1-3H3,(H,30,34). The molecule has 0 bridgehead atoms. The topological polar surface area (TPSA) is 129 Å². The van der Waals surface area contributed by atoms with E-state index in [0.29, 0.717) is 34.9 Å². The Morgan fingerprint density at radius 2 is 2.05 bits per heavy atom. The highest BCUT2D eigenvalue weighted by Gasteiger charge is 2.35. The fraction of sp³-hybridized carbons (Fsp3) is 0.385. The predicted molar refractivity (Wildman–Crippen MR) is 133 cm³/mol. The molecule has 0 spiro atoms. The van der Waals surface area contributed by atoms with E-state index >= 15 is 0 Å². The average molecular weight is 505 g/mol. The van der Waals surface area contributed by atoms with Crippen molar-refractivity contribution in [3.63, 3.8) is 0 Å². The molecule has 192 valence electrons. The molecule has 0 saturated carbocycles. The Labute approximate surface area is 213 Å². The number of carbonyl (C=O) groups excluding carboxylic acids is 2. The van der Waals surface area contributed by atoms with Gasteiger partial charge in [0.05, 0.1) is 30.1 Å². The second-order valence-electron chi connectivity index (χ2n) is 9.59. The van der Waals surface area contributed by atoms with Crippen molar-refractivity contribution in [1.82, 2.24) is 29.7 Å². The molecule has 1 atom stereocenters. The van der Waals surface area contributed by atoms with Crippen molar-refractivity contribution in [3.05, 3.63) is 70.2 Å². The Hall–Kier alpha value is -4.28. The summed E-state index contributed by atoms with van der Waals surface area (Å²) in [6.45, 7) is 6.38. The van der Waals surface area contributed by atoms with Gasteiger partial charge in [0.1, 0.15) is 29.5 Å². The fourth-order valence-electron chi connectivity index (χ4n) is 4.72. The lowest BCUT2D eigenvalue weighted by Gasteiger charge is -2.24. The van der Waals surface area contributed by atoms with Crippen molar-refractivity contribution in [2.45, 2.75) is 45.4 Å². The fourth-order valence-corrected chi connectivity index (χ4v) is 4.72. The minimum absolute atomic E-state index is 0.0750. The number of hydrogen-bond donors (Lipinski definition) is 1. The van der Waals surface area contributed by atoms with Gasteiger partial charge in [-0.3, -0.25) is 14.2 Å². The minimum Gasteiger partial charge on any atom is -0.486 e. The first-order valence-corrected chi connectivity index (χ1v) is 12.2. The zero-order valence-electron chi connectivity index (χ0n) is 20.9. The van der Waals surface area contributed by atoms with Crippen LogP contribution < -0.4 is 15.6 Å². The van der Waals surface area contributed by atoms with Crippen molar-refractivity contribution >= 4 is 12.0 Å². The smallest absolute Gasteiger partial charge is 0.409 e. The molecule has 11 heteroatoms. The van der Waals surface area contributed by atoms with Gasteiger partial charge in [-0.1, -0.05) is 12.1 Å². The Balaban J connectivity index is 1.54. The molecular weight excluding hydrogens is 476 g/mol. The Morgan fingerprint density at radius 3 is 2.81 bits per heavy atom. The minimum atomic E-state index is -0.792. The van der Waals surface area contributed by atoms with E-state index in [4.69, 9.17) is 14.5 Å². The van der Waals surface area contributed by atoms with E-state index in [9.17, 15) is 14.4 Å². The number of carbonyl (C=O) groups is 2. The van der Waals surface area contributed by atoms with E-state index in [0.717, 1.165) is 5.56 Å². The van der Waals surface area contributed by atoms with Crippen LogP contribution in [-0.4, -0.2) is 61.7 Å². The van der Waals surface area contributed by atoms with Crippen LogP contribution in [-0.2, 0) is 17.7 Å². The summed E-state index contributed by atoms with van der Waals surface area (Å²) in [5, 5.41) is 3.00. The Bertz CT molecular complexity index is 1400. The molecule has 37 heavy (non-hydrogen) atoms. The van der Waals surface area contributed by atoms with Crippen LogP contribution in [0.1, 0.15) is 48.6 Å². The van der Waals surface area contributed by atoms with E-state index in [1.807, 2.05) is 26.0 Å². The normalized spacial score (nSPS) is 17.7. The van der Waals surface area contributed by atoms with Crippen molar-refractivity contribution in [3.8, 4) is 17.1 Å². The number of amides is 2. The number of aromatic nitrogens is 4. The number of ether oxygens (including phenoxy) is 2. The van der Waals surface area contributed by atoms with Crippen LogP contribution in [0, 0.1) is 0 Å². The molecule has 3 aromatic rings. The molecule has 2 amide bonds. The molecule has 1 unspecified atom stereocenters. The molecule has 11 nitrogen and oxygen atoms in total. The first-order chi connectivity index (χ1) is 17.8. The summed E-state index contributed by atoms with van der Waals surface area (Å²) in [5.41, 5.74) is 1.43.